The van der Waals surface area contributed by atoms with E-state index < -0.39 is 34.0 Å². The standard InChI is InChI=1S/C17H13F2NO5S.H2/c1-26(23,24)12-3-2-11(13-14(12)17(22)15(19)16(13)21)25-10-5-8(7-20)4-9(18)6-10;/h2-6,15-17,21-22H,1H3;1H/t15-,16+,17+;/m1./s1. The van der Waals surface area contributed by atoms with E-state index in [2.05, 4.69) is 0 Å². The molecule has 2 aromatic rings. The van der Waals surface area contributed by atoms with Crippen LogP contribution < -0.4 is 4.74 Å². The van der Waals surface area contributed by atoms with Crippen LogP contribution in [0.25, 0.3) is 0 Å². The highest BCUT2D eigenvalue weighted by Gasteiger charge is 2.44. The van der Waals surface area contributed by atoms with Gasteiger partial charge in [0.25, 0.3) is 0 Å². The predicted molar refractivity (Wildman–Crippen MR) is 87.7 cm³/mol. The molecule has 0 amide bonds. The van der Waals surface area contributed by atoms with E-state index in [0.717, 1.165) is 24.5 Å². The molecule has 0 spiro atoms. The number of rotatable bonds is 3. The molecule has 0 saturated heterocycles. The van der Waals surface area contributed by atoms with Crippen LogP contribution in [0.5, 0.6) is 11.5 Å². The maximum Gasteiger partial charge on any atom is 0.175 e. The van der Waals surface area contributed by atoms with Gasteiger partial charge in [-0.05, 0) is 24.3 Å². The first-order valence-corrected chi connectivity index (χ1v) is 9.28. The molecule has 0 fully saturated rings. The Morgan fingerprint density at radius 3 is 2.46 bits per heavy atom. The van der Waals surface area contributed by atoms with Crippen molar-refractivity contribution in [2.24, 2.45) is 0 Å². The summed E-state index contributed by atoms with van der Waals surface area (Å²) in [7, 11) is -3.81. The molecule has 3 rings (SSSR count). The second-order valence-electron chi connectivity index (χ2n) is 5.88. The normalized spacial score (nSPS) is 21.9. The number of fused-ring (bicyclic) bond motifs is 1. The minimum absolute atomic E-state index is 0. The number of nitrogens with zero attached hydrogens (tertiary/aromatic N) is 1. The molecule has 138 valence electrons. The highest BCUT2D eigenvalue weighted by molar-refractivity contribution is 7.90. The Hall–Kier alpha value is -2.54. The van der Waals surface area contributed by atoms with E-state index >= 15 is 0 Å². The van der Waals surface area contributed by atoms with Crippen molar-refractivity contribution in [3.05, 3.63) is 52.8 Å². The van der Waals surface area contributed by atoms with Crippen LogP contribution in [-0.4, -0.2) is 31.1 Å². The lowest BCUT2D eigenvalue weighted by Crippen LogP contribution is -2.13. The van der Waals surface area contributed by atoms with E-state index in [1.807, 2.05) is 0 Å². The molecule has 9 heteroatoms. The molecule has 2 N–H and O–H groups in total. The van der Waals surface area contributed by atoms with E-state index in [4.69, 9.17) is 10.00 Å². The molecule has 0 heterocycles. The van der Waals surface area contributed by atoms with Gasteiger partial charge in [0, 0.05) is 24.9 Å². The van der Waals surface area contributed by atoms with Crippen molar-refractivity contribution in [2.45, 2.75) is 23.3 Å². The zero-order valence-corrected chi connectivity index (χ0v) is 14.2. The summed E-state index contributed by atoms with van der Waals surface area (Å²) in [6.07, 6.45) is -4.92. The fraction of sp³-hybridized carbons (Fsp3) is 0.235. The molecular formula is C17H15F2NO5S. The van der Waals surface area contributed by atoms with Crippen molar-refractivity contribution in [3.8, 4) is 17.6 Å². The number of hydrogen-bond donors (Lipinski definition) is 2. The Bertz CT molecular complexity index is 1040. The molecule has 3 atom stereocenters. The van der Waals surface area contributed by atoms with Crippen LogP contribution in [0.15, 0.2) is 35.2 Å². The maximum atomic E-state index is 14.1. The quantitative estimate of drug-likeness (QED) is 0.843. The summed E-state index contributed by atoms with van der Waals surface area (Å²) in [5.41, 5.74) is -0.536. The van der Waals surface area contributed by atoms with Crippen molar-refractivity contribution in [1.29, 1.82) is 5.26 Å². The molecule has 1 aliphatic carbocycles. The number of ether oxygens (including phenoxy) is 1. The van der Waals surface area contributed by atoms with Crippen molar-refractivity contribution in [3.63, 3.8) is 0 Å². The van der Waals surface area contributed by atoms with Gasteiger partial charge in [-0.3, -0.25) is 0 Å². The fourth-order valence-corrected chi connectivity index (χ4v) is 3.87. The monoisotopic (exact) mass is 383 g/mol. The number of nitriles is 1. The Morgan fingerprint density at radius 2 is 1.85 bits per heavy atom. The van der Waals surface area contributed by atoms with Gasteiger partial charge >= 0.3 is 0 Å². The van der Waals surface area contributed by atoms with Gasteiger partial charge in [0.2, 0.25) is 0 Å². The van der Waals surface area contributed by atoms with Gasteiger partial charge in [-0.1, -0.05) is 0 Å². The number of aliphatic hydroxyl groups excluding tert-OH is 2. The molecule has 0 radical (unpaired) electrons. The zero-order chi connectivity index (χ0) is 19.2. The van der Waals surface area contributed by atoms with E-state index in [9.17, 15) is 27.4 Å². The first-order valence-electron chi connectivity index (χ1n) is 7.39. The van der Waals surface area contributed by atoms with Crippen molar-refractivity contribution in [1.82, 2.24) is 0 Å². The van der Waals surface area contributed by atoms with Crippen LogP contribution in [0, 0.1) is 17.1 Å². The van der Waals surface area contributed by atoms with Crippen LogP contribution in [0.3, 0.4) is 0 Å². The molecule has 6 nitrogen and oxygen atoms in total. The van der Waals surface area contributed by atoms with Gasteiger partial charge in [-0.15, -0.1) is 0 Å². The second-order valence-corrected chi connectivity index (χ2v) is 7.87. The molecule has 0 aromatic heterocycles. The Balaban J connectivity index is 0.00000261. The number of sulfone groups is 1. The Morgan fingerprint density at radius 1 is 1.19 bits per heavy atom. The molecule has 1 aliphatic rings. The van der Waals surface area contributed by atoms with Crippen LogP contribution in [-0.2, 0) is 9.84 Å². The minimum atomic E-state index is -3.81. The third kappa shape index (κ3) is 3.03. The van der Waals surface area contributed by atoms with E-state index in [-0.39, 0.29) is 34.5 Å². The van der Waals surface area contributed by atoms with Gasteiger partial charge in [0.15, 0.2) is 16.0 Å². The fourth-order valence-electron chi connectivity index (χ4n) is 2.92. The molecule has 0 saturated carbocycles. The highest BCUT2D eigenvalue weighted by atomic mass is 32.2. The minimum Gasteiger partial charge on any atom is -0.457 e. The number of halogens is 2. The Kier molecular flexibility index (Phi) is 4.44. The molecule has 0 aliphatic heterocycles. The topological polar surface area (TPSA) is 108 Å². The van der Waals surface area contributed by atoms with Gasteiger partial charge in [0.1, 0.15) is 29.5 Å². The highest BCUT2D eigenvalue weighted by Crippen LogP contribution is 2.49. The lowest BCUT2D eigenvalue weighted by molar-refractivity contribution is 0.00836. The lowest BCUT2D eigenvalue weighted by atomic mass is 10.1. The molecule has 2 aromatic carbocycles. The van der Waals surface area contributed by atoms with Gasteiger partial charge in [-0.25, -0.2) is 17.2 Å². The third-order valence-electron chi connectivity index (χ3n) is 4.03. The summed E-state index contributed by atoms with van der Waals surface area (Å²) in [6.45, 7) is 0. The van der Waals surface area contributed by atoms with Crippen molar-refractivity contribution < 1.29 is 33.6 Å². The predicted octanol–water partition coefficient (Wildman–Crippen LogP) is 2.56. The smallest absolute Gasteiger partial charge is 0.175 e. The largest absolute Gasteiger partial charge is 0.457 e. The molecule has 26 heavy (non-hydrogen) atoms. The Labute approximate surface area is 149 Å². The zero-order valence-electron chi connectivity index (χ0n) is 13.3. The van der Waals surface area contributed by atoms with Crippen LogP contribution in [0.2, 0.25) is 0 Å². The summed E-state index contributed by atoms with van der Waals surface area (Å²) >= 11 is 0. The number of benzene rings is 2. The van der Waals surface area contributed by atoms with E-state index in [1.54, 1.807) is 6.07 Å². The first-order chi connectivity index (χ1) is 12.1. The number of hydrogen-bond acceptors (Lipinski definition) is 6. The second kappa shape index (κ2) is 6.32. The average molecular weight is 383 g/mol. The van der Waals surface area contributed by atoms with Gasteiger partial charge < -0.3 is 14.9 Å². The van der Waals surface area contributed by atoms with Gasteiger partial charge in [0.05, 0.1) is 16.5 Å². The van der Waals surface area contributed by atoms with Crippen molar-refractivity contribution in [2.75, 3.05) is 6.26 Å². The SMILES string of the molecule is CS(=O)(=O)c1ccc(Oc2cc(F)cc(C#N)c2)c2c1[C@H](O)[C@H](F)[C@H]2O.[HH]. The summed E-state index contributed by atoms with van der Waals surface area (Å²) in [5.74, 6) is -0.985. The van der Waals surface area contributed by atoms with Crippen LogP contribution >= 0.6 is 0 Å². The number of aliphatic hydroxyl groups is 2. The summed E-state index contributed by atoms with van der Waals surface area (Å²) < 4.78 is 56.9. The summed E-state index contributed by atoms with van der Waals surface area (Å²) in [4.78, 5) is -0.330. The van der Waals surface area contributed by atoms with E-state index in [1.165, 1.54) is 12.1 Å². The average Bonchev–Trinajstić information content (AvgIpc) is 2.79. The third-order valence-corrected chi connectivity index (χ3v) is 5.18. The maximum absolute atomic E-state index is 14.1. The lowest BCUT2D eigenvalue weighted by Gasteiger charge is -2.15. The number of alkyl halides is 1. The molecule has 0 unspecified atom stereocenters. The molecule has 0 bridgehead atoms. The van der Waals surface area contributed by atoms with Crippen molar-refractivity contribution >= 4 is 9.84 Å². The van der Waals surface area contributed by atoms with Crippen LogP contribution in [0.4, 0.5) is 8.78 Å². The first kappa shape index (κ1) is 18.3. The summed E-state index contributed by atoms with van der Waals surface area (Å²) in [5, 5.41) is 29.0. The van der Waals surface area contributed by atoms with Crippen LogP contribution in [0.1, 0.15) is 30.3 Å². The van der Waals surface area contributed by atoms with E-state index in [0.29, 0.717) is 0 Å². The molecular weight excluding hydrogens is 368 g/mol. The summed E-state index contributed by atoms with van der Waals surface area (Å²) in [6, 6.07) is 7.23. The van der Waals surface area contributed by atoms with Gasteiger partial charge in [-0.2, -0.15) is 5.26 Å².